The van der Waals surface area contributed by atoms with E-state index in [0.717, 1.165) is 30.9 Å². The molecule has 2 atom stereocenters. The summed E-state index contributed by atoms with van der Waals surface area (Å²) in [6, 6.07) is 18.2. The first-order valence-electron chi connectivity index (χ1n) is 9.25. The van der Waals surface area contributed by atoms with Crippen LogP contribution < -0.4 is 4.74 Å². The molecular weight excluding hydrogens is 310 g/mol. The number of hydrogen-bond donors (Lipinski definition) is 1. The molecule has 1 aliphatic rings. The van der Waals surface area contributed by atoms with Crippen molar-refractivity contribution in [3.05, 3.63) is 65.7 Å². The van der Waals surface area contributed by atoms with Crippen molar-refractivity contribution >= 4 is 0 Å². The number of likely N-dealkylation sites (tertiary alicyclic amines) is 1. The fourth-order valence-corrected chi connectivity index (χ4v) is 3.82. The monoisotopic (exact) mass is 339 g/mol. The first-order valence-corrected chi connectivity index (χ1v) is 9.25. The zero-order valence-electron chi connectivity index (χ0n) is 15.3. The Labute approximate surface area is 151 Å². The Bertz CT molecular complexity index is 645. The Balaban J connectivity index is 1.90. The lowest BCUT2D eigenvalue weighted by molar-refractivity contribution is 0.0107. The largest absolute Gasteiger partial charge is 0.497 e. The van der Waals surface area contributed by atoms with E-state index >= 15 is 0 Å². The number of methoxy groups -OCH3 is 1. The molecule has 0 radical (unpaired) electrons. The summed E-state index contributed by atoms with van der Waals surface area (Å²) in [5, 5.41) is 11.5. The zero-order valence-corrected chi connectivity index (χ0v) is 15.3. The van der Waals surface area contributed by atoms with Crippen LogP contribution in [0.15, 0.2) is 54.6 Å². The van der Waals surface area contributed by atoms with E-state index in [9.17, 15) is 5.11 Å². The molecule has 134 valence electrons. The highest BCUT2D eigenvalue weighted by Crippen LogP contribution is 2.38. The fourth-order valence-electron chi connectivity index (χ4n) is 3.82. The molecule has 1 heterocycles. The molecule has 2 aromatic rings. The standard InChI is InChI=1S/C22H29NO2/c1-22(24,19-11-13-20(25-2)14-12-19)21(18-9-5-3-6-10-18)17-23-15-7-4-8-16-23/h3,5-6,9-14,21,24H,4,7-8,15-17H2,1-2H3. The second-order valence-corrected chi connectivity index (χ2v) is 7.20. The number of rotatable bonds is 6. The number of hydrogen-bond acceptors (Lipinski definition) is 3. The lowest BCUT2D eigenvalue weighted by Gasteiger charge is -2.38. The van der Waals surface area contributed by atoms with Crippen LogP contribution in [-0.2, 0) is 5.60 Å². The van der Waals surface area contributed by atoms with Crippen molar-refractivity contribution in [2.45, 2.75) is 37.7 Å². The Morgan fingerprint density at radius 3 is 2.24 bits per heavy atom. The van der Waals surface area contributed by atoms with Crippen molar-refractivity contribution in [1.82, 2.24) is 4.90 Å². The number of piperidine rings is 1. The summed E-state index contributed by atoms with van der Waals surface area (Å²) in [5.74, 6) is 0.840. The van der Waals surface area contributed by atoms with Gasteiger partial charge in [-0.05, 0) is 56.1 Å². The third-order valence-electron chi connectivity index (χ3n) is 5.44. The van der Waals surface area contributed by atoms with Gasteiger partial charge in [0.05, 0.1) is 12.7 Å². The molecule has 2 unspecified atom stereocenters. The molecule has 0 amide bonds. The lowest BCUT2D eigenvalue weighted by atomic mass is 9.78. The summed E-state index contributed by atoms with van der Waals surface area (Å²) < 4.78 is 5.26. The van der Waals surface area contributed by atoms with Crippen LogP contribution in [-0.4, -0.2) is 36.8 Å². The van der Waals surface area contributed by atoms with Gasteiger partial charge in [-0.15, -0.1) is 0 Å². The summed E-state index contributed by atoms with van der Waals surface area (Å²) in [6.07, 6.45) is 3.83. The molecule has 1 N–H and O–H groups in total. The Kier molecular flexibility index (Phi) is 5.77. The Morgan fingerprint density at radius 2 is 1.64 bits per heavy atom. The van der Waals surface area contributed by atoms with Crippen molar-refractivity contribution in [2.24, 2.45) is 0 Å². The molecule has 3 rings (SSSR count). The maximum Gasteiger partial charge on any atom is 0.118 e. The molecule has 2 aromatic carbocycles. The molecular formula is C22H29NO2. The summed E-state index contributed by atoms with van der Waals surface area (Å²) in [6.45, 7) is 5.07. The minimum Gasteiger partial charge on any atom is -0.497 e. The topological polar surface area (TPSA) is 32.7 Å². The highest BCUT2D eigenvalue weighted by molar-refractivity contribution is 5.35. The molecule has 0 spiro atoms. The van der Waals surface area contributed by atoms with Crippen molar-refractivity contribution in [3.63, 3.8) is 0 Å². The van der Waals surface area contributed by atoms with E-state index in [1.54, 1.807) is 7.11 Å². The number of aliphatic hydroxyl groups is 1. The Morgan fingerprint density at radius 1 is 1.00 bits per heavy atom. The van der Waals surface area contributed by atoms with Crippen LogP contribution >= 0.6 is 0 Å². The second-order valence-electron chi connectivity index (χ2n) is 7.20. The summed E-state index contributed by atoms with van der Waals surface area (Å²) in [7, 11) is 1.66. The first-order chi connectivity index (χ1) is 12.1. The van der Waals surface area contributed by atoms with Gasteiger partial charge in [0.2, 0.25) is 0 Å². The highest BCUT2D eigenvalue weighted by Gasteiger charge is 2.36. The van der Waals surface area contributed by atoms with Crippen LogP contribution in [0.5, 0.6) is 5.75 Å². The highest BCUT2D eigenvalue weighted by atomic mass is 16.5. The van der Waals surface area contributed by atoms with Crippen molar-refractivity contribution in [2.75, 3.05) is 26.7 Å². The molecule has 0 aromatic heterocycles. The maximum absolute atomic E-state index is 11.5. The summed E-state index contributed by atoms with van der Waals surface area (Å²) in [4.78, 5) is 2.50. The lowest BCUT2D eigenvalue weighted by Crippen LogP contribution is -2.41. The molecule has 3 heteroatoms. The number of ether oxygens (including phenoxy) is 1. The number of nitrogens with zero attached hydrogens (tertiary/aromatic N) is 1. The van der Waals surface area contributed by atoms with E-state index in [0.29, 0.717) is 0 Å². The average molecular weight is 339 g/mol. The van der Waals surface area contributed by atoms with E-state index in [4.69, 9.17) is 4.74 Å². The van der Waals surface area contributed by atoms with Crippen molar-refractivity contribution in [1.29, 1.82) is 0 Å². The molecule has 0 bridgehead atoms. The van der Waals surface area contributed by atoms with Gasteiger partial charge in [-0.25, -0.2) is 0 Å². The van der Waals surface area contributed by atoms with Crippen LogP contribution in [0.1, 0.15) is 43.2 Å². The zero-order chi connectivity index (χ0) is 17.7. The third-order valence-corrected chi connectivity index (χ3v) is 5.44. The summed E-state index contributed by atoms with van der Waals surface area (Å²) in [5.41, 5.74) is 1.18. The molecule has 1 fully saturated rings. The van der Waals surface area contributed by atoms with E-state index in [1.807, 2.05) is 37.3 Å². The van der Waals surface area contributed by atoms with Gasteiger partial charge < -0.3 is 14.7 Å². The smallest absolute Gasteiger partial charge is 0.118 e. The molecule has 0 saturated carbocycles. The maximum atomic E-state index is 11.5. The second kappa shape index (κ2) is 8.03. The first kappa shape index (κ1) is 18.0. The minimum absolute atomic E-state index is 0.0280. The van der Waals surface area contributed by atoms with Gasteiger partial charge in [0.1, 0.15) is 5.75 Å². The molecule has 1 saturated heterocycles. The van der Waals surface area contributed by atoms with Crippen LogP contribution in [0.3, 0.4) is 0 Å². The molecule has 0 aliphatic carbocycles. The van der Waals surface area contributed by atoms with Gasteiger partial charge in [0, 0.05) is 12.5 Å². The molecule has 3 nitrogen and oxygen atoms in total. The van der Waals surface area contributed by atoms with Crippen LogP contribution in [0.2, 0.25) is 0 Å². The van der Waals surface area contributed by atoms with E-state index < -0.39 is 5.60 Å². The van der Waals surface area contributed by atoms with Crippen LogP contribution in [0, 0.1) is 0 Å². The predicted molar refractivity (Wildman–Crippen MR) is 102 cm³/mol. The third kappa shape index (κ3) is 4.23. The number of benzene rings is 2. The van der Waals surface area contributed by atoms with Crippen LogP contribution in [0.25, 0.3) is 0 Å². The van der Waals surface area contributed by atoms with Gasteiger partial charge in [-0.1, -0.05) is 48.9 Å². The predicted octanol–water partition coefficient (Wildman–Crippen LogP) is 4.17. The van der Waals surface area contributed by atoms with Gasteiger partial charge in [-0.3, -0.25) is 0 Å². The van der Waals surface area contributed by atoms with Crippen molar-refractivity contribution in [3.8, 4) is 5.75 Å². The average Bonchev–Trinajstić information content (AvgIpc) is 2.67. The van der Waals surface area contributed by atoms with E-state index in [-0.39, 0.29) is 5.92 Å². The van der Waals surface area contributed by atoms with Crippen molar-refractivity contribution < 1.29 is 9.84 Å². The van der Waals surface area contributed by atoms with E-state index in [2.05, 4.69) is 29.2 Å². The SMILES string of the molecule is COc1ccc(C(C)(O)C(CN2CCCCC2)c2ccccc2)cc1. The molecule has 1 aliphatic heterocycles. The van der Waals surface area contributed by atoms with Gasteiger partial charge >= 0.3 is 0 Å². The summed E-state index contributed by atoms with van der Waals surface area (Å²) >= 11 is 0. The molecule has 25 heavy (non-hydrogen) atoms. The van der Waals surface area contributed by atoms with Crippen LogP contribution in [0.4, 0.5) is 0 Å². The normalized spacial score (nSPS) is 19.2. The van der Waals surface area contributed by atoms with Gasteiger partial charge in [-0.2, -0.15) is 0 Å². The van der Waals surface area contributed by atoms with Gasteiger partial charge in [0.25, 0.3) is 0 Å². The van der Waals surface area contributed by atoms with Gasteiger partial charge in [0.15, 0.2) is 0 Å². The minimum atomic E-state index is -0.939. The fraction of sp³-hybridized carbons (Fsp3) is 0.455. The van der Waals surface area contributed by atoms with E-state index in [1.165, 1.54) is 24.8 Å². The Hall–Kier alpha value is -1.84. The quantitative estimate of drug-likeness (QED) is 0.857.